The Morgan fingerprint density at radius 3 is 2.19 bits per heavy atom. The van der Waals surface area contributed by atoms with Crippen LogP contribution in [0.3, 0.4) is 0 Å². The molecule has 2 amide bonds. The highest BCUT2D eigenvalue weighted by Gasteiger charge is 2.28. The molecule has 5 heteroatoms. The fraction of sp³-hybridized carbons (Fsp3) is 0.462. The first-order valence-electron chi connectivity index (χ1n) is 11.4. The quantitative estimate of drug-likeness (QED) is 0.629. The number of aryl methyl sites for hydroxylation is 2. The van der Waals surface area contributed by atoms with E-state index >= 15 is 0 Å². The molecule has 31 heavy (non-hydrogen) atoms. The van der Waals surface area contributed by atoms with Gasteiger partial charge in [0.15, 0.2) is 0 Å². The minimum Gasteiger partial charge on any atom is -0.352 e. The van der Waals surface area contributed by atoms with E-state index in [0.717, 1.165) is 43.2 Å². The van der Waals surface area contributed by atoms with Crippen molar-refractivity contribution in [3.63, 3.8) is 0 Å². The van der Waals surface area contributed by atoms with Gasteiger partial charge in [0.25, 0.3) is 0 Å². The molecule has 1 unspecified atom stereocenters. The Morgan fingerprint density at radius 1 is 1.00 bits per heavy atom. The lowest BCUT2D eigenvalue weighted by atomic mass is 10.0. The summed E-state index contributed by atoms with van der Waals surface area (Å²) in [5.41, 5.74) is 3.18. The highest BCUT2D eigenvalue weighted by Crippen LogP contribution is 2.19. The Kier molecular flexibility index (Phi) is 8.21. The van der Waals surface area contributed by atoms with E-state index < -0.39 is 6.04 Å². The van der Waals surface area contributed by atoms with Crippen molar-refractivity contribution in [1.82, 2.24) is 10.2 Å². The van der Waals surface area contributed by atoms with Crippen molar-refractivity contribution in [2.75, 3.05) is 0 Å². The molecule has 1 aliphatic rings. The molecule has 3 rings (SSSR count). The lowest BCUT2D eigenvalue weighted by Crippen LogP contribution is -2.49. The summed E-state index contributed by atoms with van der Waals surface area (Å²) in [4.78, 5) is 27.7. The van der Waals surface area contributed by atoms with Crippen LogP contribution in [-0.2, 0) is 29.0 Å². The van der Waals surface area contributed by atoms with Gasteiger partial charge in [0, 0.05) is 19.0 Å². The predicted octanol–water partition coefficient (Wildman–Crippen LogP) is 4.80. The molecule has 1 saturated carbocycles. The summed E-state index contributed by atoms with van der Waals surface area (Å²) in [5, 5.41) is 3.10. The third kappa shape index (κ3) is 6.65. The Bertz CT molecular complexity index is 858. The average Bonchev–Trinajstić information content (AvgIpc) is 3.30. The van der Waals surface area contributed by atoms with Crippen LogP contribution in [0.2, 0.25) is 0 Å². The smallest absolute Gasteiger partial charge is 0.242 e. The molecule has 0 heterocycles. The van der Waals surface area contributed by atoms with E-state index in [1.165, 1.54) is 17.7 Å². The number of hydrogen-bond donors (Lipinski definition) is 1. The van der Waals surface area contributed by atoms with Crippen molar-refractivity contribution in [1.29, 1.82) is 0 Å². The minimum atomic E-state index is -0.583. The van der Waals surface area contributed by atoms with Crippen LogP contribution >= 0.6 is 0 Å². The van der Waals surface area contributed by atoms with Gasteiger partial charge in [0.05, 0.1) is 0 Å². The molecule has 1 N–H and O–H groups in total. The molecule has 2 aromatic carbocycles. The molecule has 1 atom stereocenters. The number of hydrogen-bond acceptors (Lipinski definition) is 2. The van der Waals surface area contributed by atoms with Crippen molar-refractivity contribution in [2.45, 2.75) is 77.4 Å². The van der Waals surface area contributed by atoms with Crippen LogP contribution in [0.15, 0.2) is 48.5 Å². The van der Waals surface area contributed by atoms with E-state index in [2.05, 4.69) is 36.5 Å². The maximum atomic E-state index is 13.3. The Labute approximate surface area is 184 Å². The van der Waals surface area contributed by atoms with Gasteiger partial charge in [-0.15, -0.1) is 0 Å². The monoisotopic (exact) mass is 424 g/mol. The number of amides is 2. The SMILES string of the molecule is CCc1ccc(CCC(=O)N(Cc2ccc(F)cc2)C(C)C(=O)NC2CCCC2)cc1. The van der Waals surface area contributed by atoms with Gasteiger partial charge in [-0.2, -0.15) is 0 Å². The number of benzene rings is 2. The van der Waals surface area contributed by atoms with E-state index in [4.69, 9.17) is 0 Å². The van der Waals surface area contributed by atoms with Gasteiger partial charge in [-0.05, 0) is 61.4 Å². The highest BCUT2D eigenvalue weighted by molar-refractivity contribution is 5.87. The molecule has 0 saturated heterocycles. The van der Waals surface area contributed by atoms with Crippen molar-refractivity contribution >= 4 is 11.8 Å². The van der Waals surface area contributed by atoms with Gasteiger partial charge in [-0.25, -0.2) is 4.39 Å². The van der Waals surface area contributed by atoms with Gasteiger partial charge in [0.1, 0.15) is 11.9 Å². The zero-order chi connectivity index (χ0) is 22.2. The molecule has 0 spiro atoms. The average molecular weight is 425 g/mol. The molecule has 0 aliphatic heterocycles. The topological polar surface area (TPSA) is 49.4 Å². The zero-order valence-electron chi connectivity index (χ0n) is 18.6. The molecular formula is C26H33FN2O2. The number of carbonyl (C=O) groups excluding carboxylic acids is 2. The number of halogens is 1. The van der Waals surface area contributed by atoms with Crippen LogP contribution in [0, 0.1) is 5.82 Å². The van der Waals surface area contributed by atoms with Gasteiger partial charge in [-0.1, -0.05) is 56.2 Å². The van der Waals surface area contributed by atoms with E-state index in [0.29, 0.717) is 12.8 Å². The lowest BCUT2D eigenvalue weighted by Gasteiger charge is -2.30. The van der Waals surface area contributed by atoms with E-state index in [-0.39, 0.29) is 30.2 Å². The first kappa shape index (κ1) is 23.0. The van der Waals surface area contributed by atoms with E-state index in [1.54, 1.807) is 24.0 Å². The van der Waals surface area contributed by atoms with Crippen LogP contribution in [0.5, 0.6) is 0 Å². The second kappa shape index (κ2) is 11.1. The lowest BCUT2D eigenvalue weighted by molar-refractivity contribution is -0.140. The maximum Gasteiger partial charge on any atom is 0.242 e. The van der Waals surface area contributed by atoms with Crippen LogP contribution in [-0.4, -0.2) is 28.8 Å². The number of rotatable bonds is 9. The van der Waals surface area contributed by atoms with Gasteiger partial charge in [-0.3, -0.25) is 9.59 Å². The van der Waals surface area contributed by atoms with Crippen molar-refractivity contribution in [3.05, 3.63) is 71.0 Å². The molecule has 0 aromatic heterocycles. The summed E-state index contributed by atoms with van der Waals surface area (Å²) in [6, 6.07) is 14.0. The van der Waals surface area contributed by atoms with Crippen molar-refractivity contribution in [3.8, 4) is 0 Å². The molecule has 1 fully saturated rings. The fourth-order valence-electron chi connectivity index (χ4n) is 4.10. The van der Waals surface area contributed by atoms with Gasteiger partial charge < -0.3 is 10.2 Å². The molecule has 0 bridgehead atoms. The van der Waals surface area contributed by atoms with Crippen LogP contribution in [0.1, 0.15) is 62.6 Å². The summed E-state index contributed by atoms with van der Waals surface area (Å²) in [5.74, 6) is -0.503. The molecular weight excluding hydrogens is 391 g/mol. The predicted molar refractivity (Wildman–Crippen MR) is 121 cm³/mol. The van der Waals surface area contributed by atoms with Crippen LogP contribution in [0.4, 0.5) is 4.39 Å². The highest BCUT2D eigenvalue weighted by atomic mass is 19.1. The zero-order valence-corrected chi connectivity index (χ0v) is 18.6. The Balaban J connectivity index is 1.68. The third-order valence-electron chi connectivity index (χ3n) is 6.19. The number of carbonyl (C=O) groups is 2. The van der Waals surface area contributed by atoms with Crippen LogP contribution < -0.4 is 5.32 Å². The molecule has 166 valence electrons. The van der Waals surface area contributed by atoms with Crippen LogP contribution in [0.25, 0.3) is 0 Å². The van der Waals surface area contributed by atoms with Gasteiger partial charge >= 0.3 is 0 Å². The standard InChI is InChI=1S/C26H33FN2O2/c1-3-20-8-10-21(11-9-20)14-17-25(30)29(18-22-12-15-23(27)16-13-22)19(2)26(31)28-24-6-4-5-7-24/h8-13,15-16,19,24H,3-7,14,17-18H2,1-2H3,(H,28,31). The Hall–Kier alpha value is -2.69. The maximum absolute atomic E-state index is 13.3. The fourth-order valence-corrected chi connectivity index (χ4v) is 4.10. The molecule has 0 radical (unpaired) electrons. The first-order chi connectivity index (χ1) is 15.0. The minimum absolute atomic E-state index is 0.0713. The summed E-state index contributed by atoms with van der Waals surface area (Å²) in [6.45, 7) is 4.18. The number of nitrogens with one attached hydrogen (secondary N) is 1. The van der Waals surface area contributed by atoms with Gasteiger partial charge in [0.2, 0.25) is 11.8 Å². The Morgan fingerprint density at radius 2 is 1.58 bits per heavy atom. The summed E-state index contributed by atoms with van der Waals surface area (Å²) in [6.07, 6.45) is 6.20. The number of nitrogens with zero attached hydrogens (tertiary/aromatic N) is 1. The summed E-state index contributed by atoms with van der Waals surface area (Å²) < 4.78 is 13.3. The second-order valence-electron chi connectivity index (χ2n) is 8.48. The molecule has 4 nitrogen and oxygen atoms in total. The largest absolute Gasteiger partial charge is 0.352 e. The summed E-state index contributed by atoms with van der Waals surface area (Å²) >= 11 is 0. The van der Waals surface area contributed by atoms with E-state index in [9.17, 15) is 14.0 Å². The van der Waals surface area contributed by atoms with Crippen molar-refractivity contribution < 1.29 is 14.0 Å². The van der Waals surface area contributed by atoms with E-state index in [1.807, 2.05) is 0 Å². The molecule has 1 aliphatic carbocycles. The van der Waals surface area contributed by atoms with Crippen molar-refractivity contribution in [2.24, 2.45) is 0 Å². The third-order valence-corrected chi connectivity index (χ3v) is 6.19. The molecule has 2 aromatic rings. The first-order valence-corrected chi connectivity index (χ1v) is 11.4. The normalized spacial score (nSPS) is 14.9. The summed E-state index contributed by atoms with van der Waals surface area (Å²) in [7, 11) is 0. The second-order valence-corrected chi connectivity index (χ2v) is 8.48.